The van der Waals surface area contributed by atoms with Crippen LogP contribution in [0.3, 0.4) is 0 Å². The van der Waals surface area contributed by atoms with Crippen molar-refractivity contribution in [3.63, 3.8) is 0 Å². The van der Waals surface area contributed by atoms with Crippen LogP contribution in [0.5, 0.6) is 0 Å². The maximum atomic E-state index is 14.4. The van der Waals surface area contributed by atoms with Crippen LogP contribution >= 0.6 is 23.2 Å². The third-order valence-electron chi connectivity index (χ3n) is 3.49. The molecule has 0 unspecified atom stereocenters. The molecule has 0 aliphatic heterocycles. The zero-order chi connectivity index (χ0) is 17.1. The van der Waals surface area contributed by atoms with Gasteiger partial charge in [-0.3, -0.25) is 0 Å². The number of halogens is 3. The van der Waals surface area contributed by atoms with Crippen LogP contribution in [-0.2, 0) is 6.54 Å². The Balaban J connectivity index is 2.45. The van der Waals surface area contributed by atoms with Crippen LogP contribution in [0.4, 0.5) is 10.1 Å². The number of nitrogens with zero attached hydrogens (tertiary/aromatic N) is 1. The van der Waals surface area contributed by atoms with Crippen LogP contribution in [0.1, 0.15) is 19.4 Å². The van der Waals surface area contributed by atoms with Crippen LogP contribution in [0.25, 0.3) is 11.1 Å². The molecule has 0 saturated heterocycles. The summed E-state index contributed by atoms with van der Waals surface area (Å²) in [6, 6.07) is 10.5. The Labute approximate surface area is 146 Å². The van der Waals surface area contributed by atoms with Gasteiger partial charge >= 0.3 is 0 Å². The molecule has 2 aromatic carbocycles. The Morgan fingerprint density at radius 2 is 1.83 bits per heavy atom. The Hall–Kier alpha value is -1.71. The Bertz CT molecular complexity index is 753. The topological polar surface area (TPSA) is 29.3 Å². The van der Waals surface area contributed by atoms with Crippen LogP contribution in [0.15, 0.2) is 47.1 Å². The fourth-order valence-electron chi connectivity index (χ4n) is 2.40. The van der Waals surface area contributed by atoms with Crippen molar-refractivity contribution >= 4 is 28.9 Å². The molecule has 0 aromatic heterocycles. The van der Waals surface area contributed by atoms with Gasteiger partial charge in [0.1, 0.15) is 5.16 Å². The Kier molecular flexibility index (Phi) is 5.55. The van der Waals surface area contributed by atoms with Crippen molar-refractivity contribution in [1.82, 2.24) is 4.90 Å². The molecule has 2 rings (SSSR count). The third-order valence-corrected chi connectivity index (χ3v) is 4.49. The number of anilines is 1. The van der Waals surface area contributed by atoms with Crippen LogP contribution in [-0.4, -0.2) is 11.9 Å². The van der Waals surface area contributed by atoms with E-state index in [2.05, 4.69) is 0 Å². The normalized spacial score (nSPS) is 10.5. The SMILES string of the molecule is CC(C)=C(Cl)N(C)Cc1cc(N)c(F)c(-c2ccccc2Cl)c1. The first-order valence-electron chi connectivity index (χ1n) is 7.18. The predicted molar refractivity (Wildman–Crippen MR) is 97.0 cm³/mol. The van der Waals surface area contributed by atoms with E-state index < -0.39 is 5.82 Å². The van der Waals surface area contributed by atoms with Crippen molar-refractivity contribution in [3.05, 3.63) is 63.5 Å². The highest BCUT2D eigenvalue weighted by atomic mass is 35.5. The van der Waals surface area contributed by atoms with Gasteiger partial charge in [-0.25, -0.2) is 4.39 Å². The molecule has 0 aliphatic rings. The average molecular weight is 353 g/mol. The second-order valence-electron chi connectivity index (χ2n) is 5.67. The molecule has 122 valence electrons. The molecule has 23 heavy (non-hydrogen) atoms. The molecule has 0 aliphatic carbocycles. The maximum absolute atomic E-state index is 14.4. The van der Waals surface area contributed by atoms with Crippen molar-refractivity contribution < 1.29 is 4.39 Å². The van der Waals surface area contributed by atoms with Crippen molar-refractivity contribution in [1.29, 1.82) is 0 Å². The summed E-state index contributed by atoms with van der Waals surface area (Å²) < 4.78 is 14.4. The molecule has 0 amide bonds. The summed E-state index contributed by atoms with van der Waals surface area (Å²) in [5, 5.41) is 1.14. The van der Waals surface area contributed by atoms with E-state index in [-0.39, 0.29) is 5.69 Å². The second-order valence-corrected chi connectivity index (χ2v) is 6.44. The Morgan fingerprint density at radius 3 is 2.43 bits per heavy atom. The van der Waals surface area contributed by atoms with Gasteiger partial charge in [0.2, 0.25) is 0 Å². The van der Waals surface area contributed by atoms with E-state index in [0.29, 0.717) is 27.9 Å². The highest BCUT2D eigenvalue weighted by molar-refractivity contribution is 6.33. The van der Waals surface area contributed by atoms with E-state index in [1.807, 2.05) is 31.9 Å². The molecule has 2 nitrogen and oxygen atoms in total. The summed E-state index contributed by atoms with van der Waals surface area (Å²) in [5.41, 5.74) is 8.82. The fraction of sp³-hybridized carbons (Fsp3) is 0.222. The molecule has 2 N–H and O–H groups in total. The lowest BCUT2D eigenvalue weighted by atomic mass is 10.0. The largest absolute Gasteiger partial charge is 0.396 e. The molecule has 0 saturated carbocycles. The van der Waals surface area contributed by atoms with E-state index in [9.17, 15) is 4.39 Å². The molecule has 0 spiro atoms. The van der Waals surface area contributed by atoms with Crippen LogP contribution < -0.4 is 5.73 Å². The van der Waals surface area contributed by atoms with E-state index in [4.69, 9.17) is 28.9 Å². The molecular weight excluding hydrogens is 334 g/mol. The van der Waals surface area contributed by atoms with Crippen molar-refractivity contribution in [3.8, 4) is 11.1 Å². The van der Waals surface area contributed by atoms with E-state index >= 15 is 0 Å². The molecule has 0 bridgehead atoms. The molecule has 0 heterocycles. The monoisotopic (exact) mass is 352 g/mol. The molecule has 0 radical (unpaired) electrons. The van der Waals surface area contributed by atoms with Gasteiger partial charge in [-0.2, -0.15) is 0 Å². The van der Waals surface area contributed by atoms with Crippen LogP contribution in [0.2, 0.25) is 5.02 Å². The summed E-state index contributed by atoms with van der Waals surface area (Å²) in [6.07, 6.45) is 0. The summed E-state index contributed by atoms with van der Waals surface area (Å²) in [5.74, 6) is -0.460. The average Bonchev–Trinajstić information content (AvgIpc) is 2.50. The maximum Gasteiger partial charge on any atom is 0.153 e. The third kappa shape index (κ3) is 3.98. The fourth-order valence-corrected chi connectivity index (χ4v) is 2.70. The minimum absolute atomic E-state index is 0.0964. The van der Waals surface area contributed by atoms with Crippen LogP contribution in [0, 0.1) is 5.82 Å². The van der Waals surface area contributed by atoms with Crippen molar-refractivity contribution in [2.75, 3.05) is 12.8 Å². The molecule has 0 atom stereocenters. The van der Waals surface area contributed by atoms with Gasteiger partial charge in [0.15, 0.2) is 5.82 Å². The molecule has 5 heteroatoms. The number of benzene rings is 2. The highest BCUT2D eigenvalue weighted by Gasteiger charge is 2.14. The molecular formula is C18H19Cl2FN2. The van der Waals surface area contributed by atoms with Gasteiger partial charge in [-0.05, 0) is 43.2 Å². The lowest BCUT2D eigenvalue weighted by Crippen LogP contribution is -2.15. The first kappa shape index (κ1) is 17.6. The number of allylic oxidation sites excluding steroid dienone is 1. The number of rotatable bonds is 4. The predicted octanol–water partition coefficient (Wildman–Crippen LogP) is 5.65. The van der Waals surface area contributed by atoms with Crippen molar-refractivity contribution in [2.45, 2.75) is 20.4 Å². The van der Waals surface area contributed by atoms with Gasteiger partial charge in [0.25, 0.3) is 0 Å². The van der Waals surface area contributed by atoms with Gasteiger partial charge < -0.3 is 10.6 Å². The molecule has 2 aromatic rings. The molecule has 0 fully saturated rings. The highest BCUT2D eigenvalue weighted by Crippen LogP contribution is 2.33. The zero-order valence-electron chi connectivity index (χ0n) is 13.3. The number of hydrogen-bond acceptors (Lipinski definition) is 2. The first-order chi connectivity index (χ1) is 10.8. The summed E-state index contributed by atoms with van der Waals surface area (Å²) in [4.78, 5) is 1.89. The van der Waals surface area contributed by atoms with Crippen molar-refractivity contribution in [2.24, 2.45) is 0 Å². The lowest BCUT2D eigenvalue weighted by molar-refractivity contribution is 0.433. The summed E-state index contributed by atoms with van der Waals surface area (Å²) >= 11 is 12.4. The smallest absolute Gasteiger partial charge is 0.153 e. The second kappa shape index (κ2) is 7.24. The van der Waals surface area contributed by atoms with E-state index in [1.54, 1.807) is 30.3 Å². The summed E-state index contributed by atoms with van der Waals surface area (Å²) in [6.45, 7) is 4.39. The van der Waals surface area contributed by atoms with E-state index in [1.165, 1.54) is 0 Å². The first-order valence-corrected chi connectivity index (χ1v) is 7.93. The van der Waals surface area contributed by atoms with E-state index in [0.717, 1.165) is 11.1 Å². The quantitative estimate of drug-likeness (QED) is 0.568. The standard InChI is InChI=1S/C18H19Cl2FN2/c1-11(2)18(20)23(3)10-12-8-14(17(21)16(22)9-12)13-6-4-5-7-15(13)19/h4-9H,10,22H2,1-3H3. The van der Waals surface area contributed by atoms with Gasteiger partial charge in [-0.15, -0.1) is 0 Å². The number of nitrogen functional groups attached to an aromatic ring is 1. The number of hydrogen-bond donors (Lipinski definition) is 1. The minimum atomic E-state index is -0.460. The van der Waals surface area contributed by atoms with Gasteiger partial charge in [-0.1, -0.05) is 41.4 Å². The van der Waals surface area contributed by atoms with Gasteiger partial charge in [0.05, 0.1) is 5.69 Å². The minimum Gasteiger partial charge on any atom is -0.396 e. The lowest BCUT2D eigenvalue weighted by Gasteiger charge is -2.20. The number of nitrogens with two attached hydrogens (primary N) is 1. The van der Waals surface area contributed by atoms with Gasteiger partial charge in [0, 0.05) is 29.7 Å². The summed E-state index contributed by atoms with van der Waals surface area (Å²) in [7, 11) is 1.88. The Morgan fingerprint density at radius 1 is 1.17 bits per heavy atom. The zero-order valence-corrected chi connectivity index (χ0v) is 14.8.